The lowest BCUT2D eigenvalue weighted by Crippen LogP contribution is -2.33. The van der Waals surface area contributed by atoms with Gasteiger partial charge in [0.05, 0.1) is 5.54 Å². The normalized spacial score (nSPS) is 23.3. The fourth-order valence-corrected chi connectivity index (χ4v) is 2.14. The largest absolute Gasteiger partial charge is 0.295 e. The van der Waals surface area contributed by atoms with Gasteiger partial charge >= 0.3 is 0 Å². The molecule has 0 aromatic carbocycles. The van der Waals surface area contributed by atoms with E-state index in [1.807, 2.05) is 0 Å². The predicted octanol–water partition coefficient (Wildman–Crippen LogP) is 3.29. The molecule has 0 aromatic rings. The number of aliphatic imine (C=N–C) groups is 1. The van der Waals surface area contributed by atoms with Crippen LogP contribution in [0.5, 0.6) is 0 Å². The SMILES string of the molecule is C=NC(C)(C)C(C)C1(CC)CC1. The van der Waals surface area contributed by atoms with E-state index in [0.717, 1.165) is 0 Å². The Bertz CT molecular complexity index is 177. The minimum atomic E-state index is 0.0620. The molecule has 1 aliphatic rings. The second kappa shape index (κ2) is 2.86. The Kier molecular flexibility index (Phi) is 2.33. The Hall–Kier alpha value is -0.330. The Morgan fingerprint density at radius 2 is 2.00 bits per heavy atom. The molecule has 1 unspecified atom stereocenters. The number of nitrogens with zero attached hydrogens (tertiary/aromatic N) is 1. The van der Waals surface area contributed by atoms with Gasteiger partial charge in [0.2, 0.25) is 0 Å². The van der Waals surface area contributed by atoms with Crippen molar-refractivity contribution in [3.05, 3.63) is 0 Å². The van der Waals surface area contributed by atoms with E-state index < -0.39 is 0 Å². The molecule has 0 heterocycles. The van der Waals surface area contributed by atoms with Gasteiger partial charge in [-0.05, 0) is 44.7 Å². The molecule has 1 rings (SSSR count). The average Bonchev–Trinajstić information content (AvgIpc) is 2.83. The monoisotopic (exact) mass is 167 g/mol. The lowest BCUT2D eigenvalue weighted by molar-refractivity contribution is 0.214. The van der Waals surface area contributed by atoms with Crippen molar-refractivity contribution in [1.82, 2.24) is 0 Å². The standard InChI is InChI=1S/C11H21N/c1-6-11(7-8-11)9(2)10(3,4)12-5/h9H,5-8H2,1-4H3. The predicted molar refractivity (Wildman–Crippen MR) is 54.8 cm³/mol. The molecule has 1 aliphatic carbocycles. The van der Waals surface area contributed by atoms with Crippen LogP contribution in [0.4, 0.5) is 0 Å². The third kappa shape index (κ3) is 1.41. The van der Waals surface area contributed by atoms with Gasteiger partial charge in [-0.2, -0.15) is 0 Å². The molecule has 0 saturated heterocycles. The van der Waals surface area contributed by atoms with Gasteiger partial charge < -0.3 is 0 Å². The quantitative estimate of drug-likeness (QED) is 0.570. The molecule has 1 atom stereocenters. The van der Waals surface area contributed by atoms with Crippen molar-refractivity contribution in [2.24, 2.45) is 16.3 Å². The first-order chi connectivity index (χ1) is 5.48. The highest BCUT2D eigenvalue weighted by Gasteiger charge is 2.50. The minimum absolute atomic E-state index is 0.0620. The molecule has 0 radical (unpaired) electrons. The molecule has 70 valence electrons. The molecular weight excluding hydrogens is 146 g/mol. The summed E-state index contributed by atoms with van der Waals surface area (Å²) in [5.41, 5.74) is 0.664. The van der Waals surface area contributed by atoms with Crippen molar-refractivity contribution < 1.29 is 0 Å². The van der Waals surface area contributed by atoms with Crippen molar-refractivity contribution in [3.63, 3.8) is 0 Å². The smallest absolute Gasteiger partial charge is 0.0575 e. The van der Waals surface area contributed by atoms with Crippen LogP contribution in [-0.4, -0.2) is 12.3 Å². The highest BCUT2D eigenvalue weighted by molar-refractivity contribution is 5.26. The Balaban J connectivity index is 2.69. The van der Waals surface area contributed by atoms with Crippen molar-refractivity contribution >= 4 is 6.72 Å². The van der Waals surface area contributed by atoms with Crippen LogP contribution >= 0.6 is 0 Å². The molecule has 1 heteroatoms. The Morgan fingerprint density at radius 3 is 2.25 bits per heavy atom. The molecule has 0 amide bonds. The van der Waals surface area contributed by atoms with E-state index in [1.165, 1.54) is 19.3 Å². The van der Waals surface area contributed by atoms with Gasteiger partial charge in [0.1, 0.15) is 0 Å². The van der Waals surface area contributed by atoms with E-state index in [4.69, 9.17) is 0 Å². The van der Waals surface area contributed by atoms with Crippen LogP contribution in [0.3, 0.4) is 0 Å². The van der Waals surface area contributed by atoms with Crippen molar-refractivity contribution in [2.75, 3.05) is 0 Å². The molecule has 1 saturated carbocycles. The highest BCUT2D eigenvalue weighted by atomic mass is 14.8. The molecule has 12 heavy (non-hydrogen) atoms. The molecule has 0 N–H and O–H groups in total. The summed E-state index contributed by atoms with van der Waals surface area (Å²) in [5, 5.41) is 0. The van der Waals surface area contributed by atoms with Crippen molar-refractivity contribution in [3.8, 4) is 0 Å². The zero-order valence-corrected chi connectivity index (χ0v) is 8.85. The topological polar surface area (TPSA) is 12.4 Å². The van der Waals surface area contributed by atoms with E-state index >= 15 is 0 Å². The number of hydrogen-bond donors (Lipinski definition) is 0. The van der Waals surface area contributed by atoms with Crippen molar-refractivity contribution in [2.45, 2.75) is 52.5 Å². The van der Waals surface area contributed by atoms with Crippen LogP contribution in [0, 0.1) is 11.3 Å². The fraction of sp³-hybridized carbons (Fsp3) is 0.909. The minimum Gasteiger partial charge on any atom is -0.295 e. The average molecular weight is 167 g/mol. The van der Waals surface area contributed by atoms with Crippen molar-refractivity contribution in [1.29, 1.82) is 0 Å². The highest BCUT2D eigenvalue weighted by Crippen LogP contribution is 2.58. The summed E-state index contributed by atoms with van der Waals surface area (Å²) in [5.74, 6) is 0.674. The summed E-state index contributed by atoms with van der Waals surface area (Å²) in [6.45, 7) is 12.7. The van der Waals surface area contributed by atoms with E-state index in [9.17, 15) is 0 Å². The summed E-state index contributed by atoms with van der Waals surface area (Å²) < 4.78 is 0. The maximum absolute atomic E-state index is 4.22. The summed E-state index contributed by atoms with van der Waals surface area (Å²) in [4.78, 5) is 4.22. The lowest BCUT2D eigenvalue weighted by Gasteiger charge is -2.34. The zero-order chi connectivity index (χ0) is 9.41. The fourth-order valence-electron chi connectivity index (χ4n) is 2.14. The van der Waals surface area contributed by atoms with Gasteiger partial charge in [-0.25, -0.2) is 0 Å². The lowest BCUT2D eigenvalue weighted by atomic mass is 9.76. The van der Waals surface area contributed by atoms with E-state index in [0.29, 0.717) is 11.3 Å². The van der Waals surface area contributed by atoms with Gasteiger partial charge in [0, 0.05) is 0 Å². The van der Waals surface area contributed by atoms with Gasteiger partial charge in [-0.3, -0.25) is 4.99 Å². The summed E-state index contributed by atoms with van der Waals surface area (Å²) in [6, 6.07) is 0. The van der Waals surface area contributed by atoms with Gasteiger partial charge in [0.15, 0.2) is 0 Å². The van der Waals surface area contributed by atoms with E-state index in [-0.39, 0.29) is 5.54 Å². The third-order valence-electron chi connectivity index (χ3n) is 3.98. The van der Waals surface area contributed by atoms with Crippen LogP contribution < -0.4 is 0 Å². The Morgan fingerprint density at radius 1 is 1.50 bits per heavy atom. The third-order valence-corrected chi connectivity index (χ3v) is 3.98. The first-order valence-corrected chi connectivity index (χ1v) is 4.96. The van der Waals surface area contributed by atoms with E-state index in [1.54, 1.807) is 0 Å². The van der Waals surface area contributed by atoms with E-state index in [2.05, 4.69) is 39.4 Å². The van der Waals surface area contributed by atoms with Gasteiger partial charge in [-0.1, -0.05) is 20.3 Å². The van der Waals surface area contributed by atoms with Gasteiger partial charge in [0.25, 0.3) is 0 Å². The Labute approximate surface area is 76.3 Å². The summed E-state index contributed by atoms with van der Waals surface area (Å²) in [7, 11) is 0. The zero-order valence-electron chi connectivity index (χ0n) is 8.85. The van der Waals surface area contributed by atoms with Crippen LogP contribution in [0.1, 0.15) is 47.0 Å². The summed E-state index contributed by atoms with van der Waals surface area (Å²) in [6.07, 6.45) is 4.08. The molecule has 1 nitrogen and oxygen atoms in total. The molecule has 0 bridgehead atoms. The second-order valence-corrected chi connectivity index (χ2v) is 4.75. The van der Waals surface area contributed by atoms with Crippen LogP contribution in [0.15, 0.2) is 4.99 Å². The second-order valence-electron chi connectivity index (χ2n) is 4.75. The number of hydrogen-bond acceptors (Lipinski definition) is 1. The maximum Gasteiger partial charge on any atom is 0.0575 e. The first kappa shape index (κ1) is 9.76. The summed E-state index contributed by atoms with van der Waals surface area (Å²) >= 11 is 0. The molecule has 0 spiro atoms. The van der Waals surface area contributed by atoms with Crippen LogP contribution in [0.25, 0.3) is 0 Å². The molecule has 1 fully saturated rings. The van der Waals surface area contributed by atoms with Gasteiger partial charge in [-0.15, -0.1) is 0 Å². The van der Waals surface area contributed by atoms with Crippen LogP contribution in [0.2, 0.25) is 0 Å². The first-order valence-electron chi connectivity index (χ1n) is 4.96. The molecule has 0 aromatic heterocycles. The molecular formula is C11H21N. The maximum atomic E-state index is 4.22. The number of rotatable bonds is 4. The van der Waals surface area contributed by atoms with Crippen LogP contribution in [-0.2, 0) is 0 Å². The molecule has 0 aliphatic heterocycles.